The molecule has 1 aliphatic carbocycles. The van der Waals surface area contributed by atoms with E-state index in [0.29, 0.717) is 23.5 Å². The number of carbonyl (C=O) groups excluding carboxylic acids is 1. The Labute approximate surface area is 235 Å². The highest BCUT2D eigenvalue weighted by Crippen LogP contribution is 2.35. The number of aromatic nitrogens is 4. The minimum atomic E-state index is -0.00151. The van der Waals surface area contributed by atoms with Crippen molar-refractivity contribution in [2.24, 2.45) is 0 Å². The molecule has 0 unspecified atom stereocenters. The minimum Gasteiger partial charge on any atom is -0.368 e. The molecule has 3 aromatic heterocycles. The second-order valence-electron chi connectivity index (χ2n) is 12.0. The molecule has 212 valence electrons. The molecule has 0 atom stereocenters. The van der Waals surface area contributed by atoms with Crippen LogP contribution < -0.4 is 15.5 Å². The van der Waals surface area contributed by atoms with Gasteiger partial charge in [-0.05, 0) is 31.0 Å². The van der Waals surface area contributed by atoms with Gasteiger partial charge in [0.25, 0.3) is 5.91 Å². The molecule has 4 fully saturated rings. The molecule has 1 amide bonds. The van der Waals surface area contributed by atoms with Crippen molar-refractivity contribution >= 4 is 34.4 Å². The van der Waals surface area contributed by atoms with Crippen molar-refractivity contribution in [1.82, 2.24) is 39.5 Å². The number of piperazine rings is 1. The summed E-state index contributed by atoms with van der Waals surface area (Å²) in [6.45, 7) is 9.03. The van der Waals surface area contributed by atoms with Crippen molar-refractivity contribution in [2.75, 3.05) is 76.7 Å². The summed E-state index contributed by atoms with van der Waals surface area (Å²) >= 11 is 0. The van der Waals surface area contributed by atoms with Gasteiger partial charge in [0.15, 0.2) is 0 Å². The number of fused-ring (bicyclic) bond motifs is 1. The fourth-order valence-corrected chi connectivity index (χ4v) is 6.65. The van der Waals surface area contributed by atoms with Crippen molar-refractivity contribution in [3.05, 3.63) is 36.3 Å². The van der Waals surface area contributed by atoms with Crippen LogP contribution in [0.15, 0.2) is 30.6 Å². The summed E-state index contributed by atoms with van der Waals surface area (Å²) in [6.07, 6.45) is 8.25. The van der Waals surface area contributed by atoms with Crippen molar-refractivity contribution < 1.29 is 4.79 Å². The highest BCUT2D eigenvalue weighted by molar-refractivity contribution is 5.97. The molecule has 3 aliphatic heterocycles. The average Bonchev–Trinajstić information content (AvgIpc) is 3.57. The van der Waals surface area contributed by atoms with Crippen LogP contribution in [0.25, 0.3) is 11.0 Å². The van der Waals surface area contributed by atoms with E-state index in [4.69, 9.17) is 4.98 Å². The second kappa shape index (κ2) is 10.6. The van der Waals surface area contributed by atoms with Gasteiger partial charge in [-0.2, -0.15) is 4.98 Å². The smallest absolute Gasteiger partial charge is 0.270 e. The van der Waals surface area contributed by atoms with E-state index < -0.39 is 0 Å². The Hall–Kier alpha value is -3.28. The maximum Gasteiger partial charge on any atom is 0.270 e. The standard InChI is InChI=1S/C29H40N10O/c1-35(2)28(40)25-13-20-14-32-29(34-27(20)39(25)21-5-3-4-6-21)33-26-8-7-22(17-31-26)36-9-11-37(12-10-36)24-18-38(19-24)23-15-30-16-23/h7-8,13-14,17,21,23-24,30H,3-6,9-12,15-16,18-19H2,1-2H3,(H,31,32,33,34). The summed E-state index contributed by atoms with van der Waals surface area (Å²) in [5, 5.41) is 7.56. The summed E-state index contributed by atoms with van der Waals surface area (Å²) in [5.74, 6) is 1.21. The SMILES string of the molecule is CN(C)C(=O)c1cc2cnc(Nc3ccc(N4CCN(C5CN(C6CNC6)C5)CC4)cn3)nc2n1C1CCCC1. The second-order valence-corrected chi connectivity index (χ2v) is 12.0. The zero-order valence-electron chi connectivity index (χ0n) is 23.6. The van der Waals surface area contributed by atoms with Crippen molar-refractivity contribution in [3.63, 3.8) is 0 Å². The molecule has 7 rings (SSSR count). The molecule has 40 heavy (non-hydrogen) atoms. The third kappa shape index (κ3) is 4.80. The van der Waals surface area contributed by atoms with Crippen LogP contribution in [0.5, 0.6) is 0 Å². The van der Waals surface area contributed by atoms with E-state index in [9.17, 15) is 4.79 Å². The number of nitrogens with zero attached hydrogens (tertiary/aromatic N) is 8. The third-order valence-electron chi connectivity index (χ3n) is 9.24. The number of pyridine rings is 1. The number of hydrogen-bond donors (Lipinski definition) is 2. The van der Waals surface area contributed by atoms with Crippen LogP contribution in [0.2, 0.25) is 0 Å². The van der Waals surface area contributed by atoms with Gasteiger partial charge < -0.3 is 25.0 Å². The highest BCUT2D eigenvalue weighted by atomic mass is 16.2. The molecule has 0 aromatic carbocycles. The van der Waals surface area contributed by atoms with Gasteiger partial charge >= 0.3 is 0 Å². The highest BCUT2D eigenvalue weighted by Gasteiger charge is 2.38. The van der Waals surface area contributed by atoms with Gasteiger partial charge in [-0.1, -0.05) is 12.8 Å². The van der Waals surface area contributed by atoms with Crippen LogP contribution in [0.1, 0.15) is 42.2 Å². The van der Waals surface area contributed by atoms with Gasteiger partial charge in [-0.15, -0.1) is 0 Å². The first kappa shape index (κ1) is 25.7. The maximum absolute atomic E-state index is 13.0. The predicted octanol–water partition coefficient (Wildman–Crippen LogP) is 2.16. The van der Waals surface area contributed by atoms with Crippen LogP contribution >= 0.6 is 0 Å². The Kier molecular flexibility index (Phi) is 6.81. The molecule has 3 saturated heterocycles. The molecule has 0 spiro atoms. The molecule has 6 heterocycles. The van der Waals surface area contributed by atoms with E-state index in [1.54, 1.807) is 25.2 Å². The Bertz CT molecular complexity index is 1350. The lowest BCUT2D eigenvalue weighted by Gasteiger charge is -2.53. The molecule has 4 aliphatic rings. The van der Waals surface area contributed by atoms with Gasteiger partial charge in [0.1, 0.15) is 17.2 Å². The Morgan fingerprint density at radius 1 is 0.950 bits per heavy atom. The molecule has 2 N–H and O–H groups in total. The van der Waals surface area contributed by atoms with E-state index in [1.165, 1.54) is 25.9 Å². The van der Waals surface area contributed by atoms with E-state index in [0.717, 1.165) is 80.9 Å². The number of amides is 1. The molecule has 3 aromatic rings. The normalized spacial score (nSPS) is 21.5. The number of anilines is 3. The van der Waals surface area contributed by atoms with Gasteiger partial charge in [0.05, 0.1) is 11.9 Å². The number of hydrogen-bond acceptors (Lipinski definition) is 9. The Balaban J connectivity index is 1.01. The quantitative estimate of drug-likeness (QED) is 0.464. The first-order valence-electron chi connectivity index (χ1n) is 14.8. The largest absolute Gasteiger partial charge is 0.368 e. The van der Waals surface area contributed by atoms with Crippen molar-refractivity contribution in [1.29, 1.82) is 0 Å². The fraction of sp³-hybridized carbons (Fsp3) is 0.586. The first-order chi connectivity index (χ1) is 19.5. The van der Waals surface area contributed by atoms with Crippen LogP contribution in [0.3, 0.4) is 0 Å². The summed E-state index contributed by atoms with van der Waals surface area (Å²) in [7, 11) is 3.59. The molecule has 11 nitrogen and oxygen atoms in total. The summed E-state index contributed by atoms with van der Waals surface area (Å²) in [4.78, 5) is 36.4. The lowest BCUT2D eigenvalue weighted by molar-refractivity contribution is -0.0120. The van der Waals surface area contributed by atoms with Crippen molar-refractivity contribution in [2.45, 2.75) is 43.8 Å². The van der Waals surface area contributed by atoms with E-state index in [1.807, 2.05) is 18.3 Å². The topological polar surface area (TPSA) is 97.7 Å². The van der Waals surface area contributed by atoms with Crippen LogP contribution in [-0.4, -0.2) is 119 Å². The Morgan fingerprint density at radius 3 is 2.38 bits per heavy atom. The van der Waals surface area contributed by atoms with Gasteiger partial charge in [-0.3, -0.25) is 14.6 Å². The summed E-state index contributed by atoms with van der Waals surface area (Å²) in [5.41, 5.74) is 2.65. The zero-order valence-corrected chi connectivity index (χ0v) is 23.6. The van der Waals surface area contributed by atoms with E-state index >= 15 is 0 Å². The molecule has 0 radical (unpaired) electrons. The minimum absolute atomic E-state index is 0.00151. The van der Waals surface area contributed by atoms with Crippen LogP contribution in [-0.2, 0) is 0 Å². The van der Waals surface area contributed by atoms with E-state index in [-0.39, 0.29) is 5.91 Å². The number of likely N-dealkylation sites (tertiary alicyclic amines) is 1. The number of nitrogens with one attached hydrogen (secondary N) is 2. The predicted molar refractivity (Wildman–Crippen MR) is 156 cm³/mol. The van der Waals surface area contributed by atoms with Gasteiger partial charge in [0, 0.05) is 96.2 Å². The lowest BCUT2D eigenvalue weighted by Crippen LogP contribution is -2.70. The molecular weight excluding hydrogens is 504 g/mol. The number of carbonyl (C=O) groups is 1. The fourth-order valence-electron chi connectivity index (χ4n) is 6.65. The van der Waals surface area contributed by atoms with Crippen LogP contribution in [0, 0.1) is 0 Å². The van der Waals surface area contributed by atoms with Crippen LogP contribution in [0.4, 0.5) is 17.5 Å². The molecule has 11 heteroatoms. The number of rotatable bonds is 7. The zero-order chi connectivity index (χ0) is 27.2. The van der Waals surface area contributed by atoms with Gasteiger partial charge in [-0.25, -0.2) is 9.97 Å². The molecule has 1 saturated carbocycles. The maximum atomic E-state index is 13.0. The lowest BCUT2D eigenvalue weighted by atomic mass is 10.00. The van der Waals surface area contributed by atoms with E-state index in [2.05, 4.69) is 45.9 Å². The summed E-state index contributed by atoms with van der Waals surface area (Å²) < 4.78 is 2.14. The van der Waals surface area contributed by atoms with Crippen molar-refractivity contribution in [3.8, 4) is 0 Å². The average molecular weight is 545 g/mol. The Morgan fingerprint density at radius 2 is 1.73 bits per heavy atom. The third-order valence-corrected chi connectivity index (χ3v) is 9.24. The first-order valence-corrected chi connectivity index (χ1v) is 14.8. The monoisotopic (exact) mass is 544 g/mol. The molecular formula is C29H40N10O. The summed E-state index contributed by atoms with van der Waals surface area (Å²) in [6, 6.07) is 7.85. The van der Waals surface area contributed by atoms with Gasteiger partial charge in [0.2, 0.25) is 5.95 Å². The molecule has 0 bridgehead atoms.